The van der Waals surface area contributed by atoms with Crippen LogP contribution in [-0.4, -0.2) is 48.2 Å². The smallest absolute Gasteiger partial charge is 0.137 e. The summed E-state index contributed by atoms with van der Waals surface area (Å²) in [6.07, 6.45) is 6.74. The summed E-state index contributed by atoms with van der Waals surface area (Å²) in [6.45, 7) is 4.73. The molecule has 0 atom stereocenters. The number of hydrogen-bond acceptors (Lipinski definition) is 5. The van der Waals surface area contributed by atoms with Gasteiger partial charge in [-0.15, -0.1) is 0 Å². The van der Waals surface area contributed by atoms with Crippen molar-refractivity contribution in [1.29, 1.82) is 0 Å². The van der Waals surface area contributed by atoms with Crippen molar-refractivity contribution in [3.8, 4) is 5.75 Å². The van der Waals surface area contributed by atoms with E-state index in [9.17, 15) is 0 Å². The number of nitrogens with zero attached hydrogens (tertiary/aromatic N) is 3. The first-order chi connectivity index (χ1) is 10.9. The molecular weight excluding hydrogens is 276 g/mol. The van der Waals surface area contributed by atoms with E-state index < -0.39 is 0 Å². The van der Waals surface area contributed by atoms with Crippen LogP contribution < -0.4 is 10.1 Å². The van der Waals surface area contributed by atoms with Crippen LogP contribution >= 0.6 is 0 Å². The van der Waals surface area contributed by atoms with Crippen LogP contribution in [0.15, 0.2) is 24.5 Å². The molecule has 118 valence electrons. The van der Waals surface area contributed by atoms with E-state index in [-0.39, 0.29) is 0 Å². The second kappa shape index (κ2) is 7.40. The lowest BCUT2D eigenvalue weighted by Gasteiger charge is -2.14. The quantitative estimate of drug-likeness (QED) is 0.797. The van der Waals surface area contributed by atoms with Crippen molar-refractivity contribution in [3.63, 3.8) is 0 Å². The number of benzene rings is 1. The second-order valence-corrected chi connectivity index (χ2v) is 5.79. The SMILES string of the molecule is COc1ccc2ncnc(NCCCCN3CCCC3)c2c1. The molecule has 22 heavy (non-hydrogen) atoms. The summed E-state index contributed by atoms with van der Waals surface area (Å²) in [5.74, 6) is 1.73. The summed E-state index contributed by atoms with van der Waals surface area (Å²) >= 11 is 0. The van der Waals surface area contributed by atoms with Gasteiger partial charge in [-0.2, -0.15) is 0 Å². The van der Waals surface area contributed by atoms with Crippen LogP contribution in [0.2, 0.25) is 0 Å². The molecule has 1 aromatic carbocycles. The molecule has 2 heterocycles. The zero-order valence-corrected chi connectivity index (χ0v) is 13.2. The van der Waals surface area contributed by atoms with Gasteiger partial charge >= 0.3 is 0 Å². The highest BCUT2D eigenvalue weighted by Gasteiger charge is 2.10. The van der Waals surface area contributed by atoms with E-state index in [0.29, 0.717) is 0 Å². The fraction of sp³-hybridized carbons (Fsp3) is 0.529. The van der Waals surface area contributed by atoms with Crippen molar-refractivity contribution in [2.75, 3.05) is 38.6 Å². The molecule has 5 heteroatoms. The molecule has 0 aliphatic carbocycles. The topological polar surface area (TPSA) is 50.3 Å². The molecule has 2 aromatic rings. The van der Waals surface area contributed by atoms with Crippen LogP contribution in [0.25, 0.3) is 10.9 Å². The number of nitrogens with one attached hydrogen (secondary N) is 1. The molecule has 1 fully saturated rings. The third kappa shape index (κ3) is 3.65. The molecule has 0 spiro atoms. The molecule has 1 saturated heterocycles. The number of methoxy groups -OCH3 is 1. The summed E-state index contributed by atoms with van der Waals surface area (Å²) < 4.78 is 5.29. The molecule has 0 unspecified atom stereocenters. The van der Waals surface area contributed by atoms with Gasteiger partial charge in [-0.25, -0.2) is 9.97 Å². The van der Waals surface area contributed by atoms with Gasteiger partial charge in [-0.05, 0) is 63.5 Å². The van der Waals surface area contributed by atoms with Gasteiger partial charge in [0, 0.05) is 11.9 Å². The minimum absolute atomic E-state index is 0.833. The summed E-state index contributed by atoms with van der Waals surface area (Å²) in [7, 11) is 1.68. The Labute approximate surface area is 131 Å². The predicted molar refractivity (Wildman–Crippen MR) is 89.5 cm³/mol. The Morgan fingerprint density at radius 3 is 2.86 bits per heavy atom. The van der Waals surface area contributed by atoms with E-state index >= 15 is 0 Å². The van der Waals surface area contributed by atoms with Crippen molar-refractivity contribution in [1.82, 2.24) is 14.9 Å². The number of unbranched alkanes of at least 4 members (excludes halogenated alkanes) is 1. The molecule has 1 aliphatic heterocycles. The number of hydrogen-bond donors (Lipinski definition) is 1. The fourth-order valence-corrected chi connectivity index (χ4v) is 2.98. The average molecular weight is 300 g/mol. The highest BCUT2D eigenvalue weighted by atomic mass is 16.5. The predicted octanol–water partition coefficient (Wildman–Crippen LogP) is 2.93. The van der Waals surface area contributed by atoms with Crippen LogP contribution in [0.4, 0.5) is 5.82 Å². The second-order valence-electron chi connectivity index (χ2n) is 5.79. The molecule has 5 nitrogen and oxygen atoms in total. The van der Waals surface area contributed by atoms with Crippen LogP contribution in [0.5, 0.6) is 5.75 Å². The molecule has 0 radical (unpaired) electrons. The molecule has 0 bridgehead atoms. The van der Waals surface area contributed by atoms with Crippen molar-refractivity contribution in [2.45, 2.75) is 25.7 Å². The number of rotatable bonds is 7. The lowest BCUT2D eigenvalue weighted by atomic mass is 10.2. The van der Waals surface area contributed by atoms with E-state index in [0.717, 1.165) is 35.4 Å². The van der Waals surface area contributed by atoms with Crippen molar-refractivity contribution >= 4 is 16.7 Å². The first-order valence-electron chi connectivity index (χ1n) is 8.12. The first kappa shape index (κ1) is 15.0. The fourth-order valence-electron chi connectivity index (χ4n) is 2.98. The van der Waals surface area contributed by atoms with Gasteiger partial charge in [0.25, 0.3) is 0 Å². The van der Waals surface area contributed by atoms with Gasteiger partial charge in [0.15, 0.2) is 0 Å². The Morgan fingerprint density at radius 1 is 1.18 bits per heavy atom. The maximum absolute atomic E-state index is 5.29. The zero-order chi connectivity index (χ0) is 15.2. The number of anilines is 1. The summed E-state index contributed by atoms with van der Waals surface area (Å²) in [4.78, 5) is 11.2. The summed E-state index contributed by atoms with van der Waals surface area (Å²) in [5.41, 5.74) is 0.940. The van der Waals surface area contributed by atoms with Crippen LogP contribution in [0.3, 0.4) is 0 Å². The highest BCUT2D eigenvalue weighted by Crippen LogP contribution is 2.24. The molecule has 1 N–H and O–H groups in total. The van der Waals surface area contributed by atoms with Crippen LogP contribution in [-0.2, 0) is 0 Å². The largest absolute Gasteiger partial charge is 0.497 e. The highest BCUT2D eigenvalue weighted by molar-refractivity contribution is 5.89. The Kier molecular flexibility index (Phi) is 5.06. The molecule has 0 amide bonds. The van der Waals surface area contributed by atoms with Gasteiger partial charge < -0.3 is 15.0 Å². The maximum atomic E-state index is 5.29. The first-order valence-corrected chi connectivity index (χ1v) is 8.12. The minimum Gasteiger partial charge on any atom is -0.497 e. The lowest BCUT2D eigenvalue weighted by molar-refractivity contribution is 0.331. The van der Waals surface area contributed by atoms with Gasteiger partial charge in [0.1, 0.15) is 17.9 Å². The summed E-state index contributed by atoms with van der Waals surface area (Å²) in [6, 6.07) is 5.88. The number of ether oxygens (including phenoxy) is 1. The van der Waals surface area contributed by atoms with Crippen molar-refractivity contribution in [2.24, 2.45) is 0 Å². The normalized spacial score (nSPS) is 15.3. The Bertz CT molecular complexity index is 611. The molecule has 1 aliphatic rings. The Hall–Kier alpha value is -1.88. The van der Waals surface area contributed by atoms with Gasteiger partial charge in [-0.1, -0.05) is 0 Å². The van der Waals surface area contributed by atoms with Gasteiger partial charge in [0.05, 0.1) is 12.6 Å². The zero-order valence-electron chi connectivity index (χ0n) is 13.2. The van der Waals surface area contributed by atoms with E-state index in [4.69, 9.17) is 4.74 Å². The average Bonchev–Trinajstić information content (AvgIpc) is 3.07. The summed E-state index contributed by atoms with van der Waals surface area (Å²) in [5, 5.41) is 4.45. The molecular formula is C17H24N4O. The van der Waals surface area contributed by atoms with E-state index in [1.165, 1.54) is 38.9 Å². The molecule has 1 aromatic heterocycles. The van der Waals surface area contributed by atoms with Gasteiger partial charge in [-0.3, -0.25) is 0 Å². The molecule has 0 saturated carbocycles. The van der Waals surface area contributed by atoms with Gasteiger partial charge in [0.2, 0.25) is 0 Å². The van der Waals surface area contributed by atoms with E-state index in [1.807, 2.05) is 18.2 Å². The lowest BCUT2D eigenvalue weighted by Crippen LogP contribution is -2.20. The Balaban J connectivity index is 1.54. The van der Waals surface area contributed by atoms with E-state index in [2.05, 4.69) is 20.2 Å². The minimum atomic E-state index is 0.833. The number of fused-ring (bicyclic) bond motifs is 1. The number of likely N-dealkylation sites (tertiary alicyclic amines) is 1. The standard InChI is InChI=1S/C17H24N4O/c1-22-14-6-7-16-15(12-14)17(20-13-19-16)18-8-2-3-9-21-10-4-5-11-21/h6-7,12-13H,2-5,8-11H2,1H3,(H,18,19,20). The third-order valence-electron chi connectivity index (χ3n) is 4.23. The third-order valence-corrected chi connectivity index (χ3v) is 4.23. The monoisotopic (exact) mass is 300 g/mol. The Morgan fingerprint density at radius 2 is 2.05 bits per heavy atom. The van der Waals surface area contributed by atoms with E-state index in [1.54, 1.807) is 13.4 Å². The van der Waals surface area contributed by atoms with Crippen molar-refractivity contribution in [3.05, 3.63) is 24.5 Å². The van der Waals surface area contributed by atoms with Crippen LogP contribution in [0, 0.1) is 0 Å². The maximum Gasteiger partial charge on any atom is 0.137 e. The van der Waals surface area contributed by atoms with Crippen LogP contribution in [0.1, 0.15) is 25.7 Å². The van der Waals surface area contributed by atoms with Crippen molar-refractivity contribution < 1.29 is 4.74 Å². The number of aromatic nitrogens is 2. The molecule has 3 rings (SSSR count).